The van der Waals surface area contributed by atoms with Gasteiger partial charge in [0.25, 0.3) is 0 Å². The van der Waals surface area contributed by atoms with Gasteiger partial charge in [0.05, 0.1) is 45.4 Å². The van der Waals surface area contributed by atoms with Crippen LogP contribution in [0.5, 0.6) is 6.01 Å². The Bertz CT molecular complexity index is 8540. The molecule has 0 aliphatic heterocycles. The van der Waals surface area contributed by atoms with Crippen LogP contribution in [0.2, 0.25) is 0 Å². The first-order valence-electron chi connectivity index (χ1n) is 42.2. The third-order valence-electron chi connectivity index (χ3n) is 23.4. The van der Waals surface area contributed by atoms with Gasteiger partial charge in [-0.2, -0.15) is 9.97 Å². The van der Waals surface area contributed by atoms with Crippen LogP contribution >= 0.6 is 0 Å². The normalized spacial score (nSPS) is 11.4. The van der Waals surface area contributed by atoms with Gasteiger partial charge >= 0.3 is 27.9 Å². The molecule has 617 valence electrons. The number of aromatic nitrogens is 12. The zero-order valence-electron chi connectivity index (χ0n) is 69.3. The topological polar surface area (TPSA) is 280 Å². The molecule has 24 heteroatoms. The molecule has 8 heterocycles. The van der Waals surface area contributed by atoms with E-state index >= 15 is 0 Å². The first kappa shape index (κ1) is 79.6. The highest BCUT2D eigenvalue weighted by atomic mass is 16.5. The van der Waals surface area contributed by atoms with Crippen molar-refractivity contribution in [1.82, 2.24) is 59.0 Å². The first-order valence-corrected chi connectivity index (χ1v) is 42.2. The molecule has 0 saturated heterocycles. The number of benzene rings is 16. The molecule has 24 aromatic rings. The summed E-state index contributed by atoms with van der Waals surface area (Å²) in [7, 11) is -3.07. The maximum absolute atomic E-state index is 10.1. The highest BCUT2D eigenvalue weighted by molar-refractivity contribution is 6.57. The van der Waals surface area contributed by atoms with Crippen LogP contribution in [0, 0.1) is 6.57 Å². The molecule has 0 bridgehead atoms. The predicted octanol–water partition coefficient (Wildman–Crippen LogP) is 21.1. The van der Waals surface area contributed by atoms with E-state index in [4.69, 9.17) is 45.0 Å². The van der Waals surface area contributed by atoms with Crippen LogP contribution in [0.4, 0.5) is 5.69 Å². The third-order valence-corrected chi connectivity index (χ3v) is 23.4. The van der Waals surface area contributed by atoms with E-state index in [-0.39, 0.29) is 17.3 Å². The zero-order chi connectivity index (χ0) is 88.2. The second kappa shape index (κ2) is 33.9. The minimum atomic E-state index is -1.85. The summed E-state index contributed by atoms with van der Waals surface area (Å²) in [5.41, 5.74) is 21.0. The Hall–Kier alpha value is -17.3. The Labute approximate surface area is 748 Å². The fraction of sp³-hybridized carbons (Fsp3) is 0. The van der Waals surface area contributed by atoms with Crippen molar-refractivity contribution in [3.8, 4) is 119 Å². The van der Waals surface area contributed by atoms with E-state index in [0.29, 0.717) is 65.1 Å². The molecule has 21 nitrogen and oxygen atoms in total. The molecule has 1 radical (unpaired) electrons. The van der Waals surface area contributed by atoms with Crippen molar-refractivity contribution >= 4 is 148 Å². The van der Waals surface area contributed by atoms with Gasteiger partial charge in [0.2, 0.25) is 0 Å². The smallest absolute Gasteiger partial charge is 0.508 e. The van der Waals surface area contributed by atoms with Crippen molar-refractivity contribution in [2.75, 3.05) is 0 Å². The number of furan rings is 2. The molecule has 5 N–H and O–H groups in total. The number of fused-ring (bicyclic) bond motifs is 14. The summed E-state index contributed by atoms with van der Waals surface area (Å²) < 4.78 is 22.0. The molecule has 8 aromatic heterocycles. The number of hydrogen-bond donors (Lipinski definition) is 5. The Balaban J connectivity index is 0.000000116. The average molecular weight is 1700 g/mol. The molecule has 24 rings (SSSR count). The van der Waals surface area contributed by atoms with E-state index in [1.165, 1.54) is 27.6 Å². The van der Waals surface area contributed by atoms with Crippen LogP contribution in [0.1, 0.15) is 0 Å². The number of rotatable bonds is 15. The van der Waals surface area contributed by atoms with Crippen LogP contribution in [-0.4, -0.2) is 106 Å². The second-order valence-corrected chi connectivity index (χ2v) is 31.3. The van der Waals surface area contributed by atoms with Crippen molar-refractivity contribution in [3.05, 3.63) is 388 Å². The summed E-state index contributed by atoms with van der Waals surface area (Å²) >= 11 is 0. The lowest BCUT2D eigenvalue weighted by molar-refractivity contribution is 0.421. The molecule has 0 unspecified atom stereocenters. The minimum absolute atomic E-state index is 0.00730. The molecule has 0 fully saturated rings. The maximum atomic E-state index is 10.1. The molecule has 0 aliphatic carbocycles. The Kier molecular flexibility index (Phi) is 20.6. The second-order valence-electron chi connectivity index (χ2n) is 31.3. The van der Waals surface area contributed by atoms with E-state index in [1.54, 1.807) is 12.1 Å². The molecule has 131 heavy (non-hydrogen) atoms. The van der Waals surface area contributed by atoms with Gasteiger partial charge in [-0.15, -0.1) is 0 Å². The standard InChI is InChI=1S/C39H25BN4O3.C37H22BN4O3.C31H20BN5O2/c45-40(46)39-42-37(41-38(43-39)27-19-21-36-32(23-27)30-11-5-7-13-35(30)47-36)25-16-14-24(15-17-25)26-18-20-34-31(22-26)29-10-4-6-12-33(29)44(34)28-8-2-1-3-9-28;43-38-45-37-40-35(22-13-16-26(17-14-22)42-31-11-5-3-9-27(31)28-10-4-6-12-32(28)42)39-36(41-37)25-15-18-33-29(20-25)30-19-23-7-1-2-8-24(23)21-34(30)44-33;1-33-24-17-15-21(16-18-24)20-11-13-23(14-12-20)30-35-27(19-28(36-30)32(38)39)31-34-26-10-6-5-9-25(26)29(37-31)22-7-3-2-4-8-22/h1-23,45-46H;1-21,43H;2-19,38-39H. The van der Waals surface area contributed by atoms with Crippen LogP contribution in [0.3, 0.4) is 0 Å². The molecular weight excluding hydrogens is 1630 g/mol. The summed E-state index contributed by atoms with van der Waals surface area (Å²) in [6.45, 7) is 7.13. The van der Waals surface area contributed by atoms with Gasteiger partial charge in [0.1, 0.15) is 28.0 Å². The SMILES string of the molecule is OB(O)c1nc(-c2ccc(-c3ccc4c(c3)c3ccccc3n4-c3ccccc3)cc2)nc(-c2ccc3oc4ccccc4c3c2)n1.O[B]Oc1nc(-c2ccc(-n3c4ccccc4c4ccccc43)cc2)nc(-c2ccc3oc4cc5ccccc5cc4c3c2)n1.[C-]#[N+]c1ccc(-c2ccc(-c3nc(B(O)O)cc(-c4nc(-c5ccccc5)c5ccccc5n4)n3)cc2)cc1. The molecule has 0 aliphatic rings. The quantitative estimate of drug-likeness (QED) is 0.0471. The summed E-state index contributed by atoms with van der Waals surface area (Å²) in [4.78, 5) is 49.5. The number of nitrogens with zero attached hydrogens (tertiary/aromatic N) is 13. The van der Waals surface area contributed by atoms with Crippen LogP contribution in [-0.2, 0) is 0 Å². The molecule has 0 spiro atoms. The molecule has 0 amide bonds. The van der Waals surface area contributed by atoms with Crippen LogP contribution in [0.15, 0.2) is 385 Å². The minimum Gasteiger partial charge on any atom is -0.508 e. The van der Waals surface area contributed by atoms with Crippen LogP contribution in [0.25, 0.3) is 227 Å². The summed E-state index contributed by atoms with van der Waals surface area (Å²) in [5.74, 6) is 2.21. The maximum Gasteiger partial charge on any atom is 0.571 e. The predicted molar refractivity (Wildman–Crippen MR) is 519 cm³/mol. The van der Waals surface area contributed by atoms with Crippen molar-refractivity contribution in [2.45, 2.75) is 0 Å². The van der Waals surface area contributed by atoms with Gasteiger partial charge in [-0.1, -0.05) is 243 Å². The van der Waals surface area contributed by atoms with Gasteiger partial charge in [-0.25, -0.2) is 44.7 Å². The van der Waals surface area contributed by atoms with Gasteiger partial charge in [0.15, 0.2) is 46.4 Å². The number of para-hydroxylation sites is 6. The van der Waals surface area contributed by atoms with Crippen molar-refractivity contribution in [3.63, 3.8) is 0 Å². The van der Waals surface area contributed by atoms with Gasteiger partial charge in [0, 0.05) is 93.2 Å². The van der Waals surface area contributed by atoms with Crippen molar-refractivity contribution in [2.24, 2.45) is 0 Å². The zero-order valence-corrected chi connectivity index (χ0v) is 69.3. The van der Waals surface area contributed by atoms with Gasteiger partial charge in [-0.05, 0) is 166 Å². The largest absolute Gasteiger partial charge is 0.571 e. The lowest BCUT2D eigenvalue weighted by atomic mass is 9.85. The van der Waals surface area contributed by atoms with E-state index in [2.05, 4.69) is 191 Å². The highest BCUT2D eigenvalue weighted by Crippen LogP contribution is 2.41. The van der Waals surface area contributed by atoms with E-state index in [0.717, 1.165) is 149 Å². The highest BCUT2D eigenvalue weighted by Gasteiger charge is 2.25. The van der Waals surface area contributed by atoms with Crippen molar-refractivity contribution < 1.29 is 38.6 Å². The Morgan fingerprint density at radius 1 is 0.290 bits per heavy atom. The number of hydrogen-bond acceptors (Lipinski definition) is 18. The first-order chi connectivity index (χ1) is 64.4. The summed E-state index contributed by atoms with van der Waals surface area (Å²) in [5, 5.41) is 61.4. The van der Waals surface area contributed by atoms with Gasteiger partial charge < -0.3 is 47.7 Å². The van der Waals surface area contributed by atoms with Crippen LogP contribution < -0.4 is 16.0 Å². The van der Waals surface area contributed by atoms with Gasteiger partial charge in [-0.3, -0.25) is 0 Å². The summed E-state index contributed by atoms with van der Waals surface area (Å²) in [6, 6.07) is 124. The molecule has 0 atom stereocenters. The Morgan fingerprint density at radius 2 is 0.718 bits per heavy atom. The summed E-state index contributed by atoms with van der Waals surface area (Å²) in [6.07, 6.45) is 0. The van der Waals surface area contributed by atoms with E-state index < -0.39 is 14.2 Å². The monoisotopic (exact) mass is 1690 g/mol. The fourth-order valence-electron chi connectivity index (χ4n) is 17.1. The van der Waals surface area contributed by atoms with Crippen molar-refractivity contribution in [1.29, 1.82) is 0 Å². The fourth-order valence-corrected chi connectivity index (χ4v) is 17.1. The van der Waals surface area contributed by atoms with E-state index in [1.807, 2.05) is 206 Å². The van der Waals surface area contributed by atoms with E-state index in [9.17, 15) is 25.1 Å². The molecule has 0 saturated carbocycles. The lowest BCUT2D eigenvalue weighted by Gasteiger charge is -2.11. The Morgan fingerprint density at radius 3 is 1.32 bits per heavy atom. The molecular formula is C107H67B3N13O8. The lowest BCUT2D eigenvalue weighted by Crippen LogP contribution is -2.36. The average Bonchev–Trinajstić information content (AvgIpc) is 1.59. The molecule has 16 aromatic carbocycles. The third kappa shape index (κ3) is 15.3.